The molecule has 5 heteroatoms. The van der Waals surface area contributed by atoms with Crippen molar-refractivity contribution in [2.45, 2.75) is 38.5 Å². The molecule has 0 rings (SSSR count). The van der Waals surface area contributed by atoms with Crippen molar-refractivity contribution in [3.05, 3.63) is 0 Å². The number of sulfone groups is 1. The summed E-state index contributed by atoms with van der Waals surface area (Å²) in [5.41, 5.74) is 0. The normalized spacial score (nSPS) is 13.8. The molecule has 0 aliphatic heterocycles. The van der Waals surface area contributed by atoms with E-state index in [9.17, 15) is 8.42 Å². The molecule has 0 aromatic heterocycles. The smallest absolute Gasteiger partial charge is 0.153 e. The van der Waals surface area contributed by atoms with E-state index in [4.69, 9.17) is 0 Å². The van der Waals surface area contributed by atoms with Gasteiger partial charge in [-0.3, -0.25) is 0 Å². The number of hydrogen-bond donors (Lipinski definition) is 1. The molecular formula is C11H26N2O2S. The summed E-state index contributed by atoms with van der Waals surface area (Å²) in [6.45, 7) is 10.0. The van der Waals surface area contributed by atoms with Gasteiger partial charge in [-0.05, 0) is 20.9 Å². The first-order chi connectivity index (χ1) is 7.06. The van der Waals surface area contributed by atoms with E-state index in [1.165, 1.54) is 6.26 Å². The van der Waals surface area contributed by atoms with Gasteiger partial charge in [-0.2, -0.15) is 0 Å². The molecule has 0 bridgehead atoms. The van der Waals surface area contributed by atoms with Gasteiger partial charge in [0.2, 0.25) is 0 Å². The lowest BCUT2D eigenvalue weighted by Gasteiger charge is -2.28. The molecule has 0 saturated heterocycles. The summed E-state index contributed by atoms with van der Waals surface area (Å²) < 4.78 is 22.4. The van der Waals surface area contributed by atoms with E-state index < -0.39 is 14.6 Å². The van der Waals surface area contributed by atoms with Gasteiger partial charge in [-0.15, -0.1) is 0 Å². The van der Waals surface area contributed by atoms with Crippen molar-refractivity contribution in [1.82, 2.24) is 10.2 Å². The van der Waals surface area contributed by atoms with Crippen molar-refractivity contribution in [2.24, 2.45) is 0 Å². The van der Waals surface area contributed by atoms with Crippen LogP contribution in [0.15, 0.2) is 0 Å². The summed E-state index contributed by atoms with van der Waals surface area (Å²) in [5.74, 6) is 0. The lowest BCUT2D eigenvalue weighted by molar-refractivity contribution is 0.299. The molecule has 98 valence electrons. The highest BCUT2D eigenvalue weighted by Crippen LogP contribution is 2.15. The Labute approximate surface area is 100 Å². The van der Waals surface area contributed by atoms with Crippen LogP contribution in [0.25, 0.3) is 0 Å². The van der Waals surface area contributed by atoms with Crippen LogP contribution in [0.4, 0.5) is 0 Å². The molecule has 1 N–H and O–H groups in total. The highest BCUT2D eigenvalue weighted by atomic mass is 32.2. The highest BCUT2D eigenvalue weighted by Gasteiger charge is 2.31. The van der Waals surface area contributed by atoms with Crippen molar-refractivity contribution >= 4 is 9.84 Å². The summed E-state index contributed by atoms with van der Waals surface area (Å²) in [6, 6.07) is 0.469. The first-order valence-corrected chi connectivity index (χ1v) is 7.57. The lowest BCUT2D eigenvalue weighted by Crippen LogP contribution is -2.44. The SMILES string of the molecule is CC(C)NCCN(C)CC(C)(C)S(C)(=O)=O. The van der Waals surface area contributed by atoms with E-state index in [1.54, 1.807) is 13.8 Å². The number of likely N-dealkylation sites (N-methyl/N-ethyl adjacent to an activating group) is 1. The van der Waals surface area contributed by atoms with E-state index in [0.29, 0.717) is 12.6 Å². The summed E-state index contributed by atoms with van der Waals surface area (Å²) in [4.78, 5) is 2.05. The van der Waals surface area contributed by atoms with Gasteiger partial charge in [0.05, 0.1) is 4.75 Å². The highest BCUT2D eigenvalue weighted by molar-refractivity contribution is 7.92. The van der Waals surface area contributed by atoms with E-state index in [1.807, 2.05) is 7.05 Å². The van der Waals surface area contributed by atoms with Gasteiger partial charge in [0.15, 0.2) is 9.84 Å². The van der Waals surface area contributed by atoms with Gasteiger partial charge in [-0.25, -0.2) is 8.42 Å². The zero-order valence-corrected chi connectivity index (χ0v) is 12.2. The van der Waals surface area contributed by atoms with E-state index in [0.717, 1.165) is 13.1 Å². The van der Waals surface area contributed by atoms with Crippen molar-refractivity contribution in [3.63, 3.8) is 0 Å². The molecule has 0 radical (unpaired) electrons. The van der Waals surface area contributed by atoms with Crippen LogP contribution in [-0.2, 0) is 9.84 Å². The molecule has 0 aromatic carbocycles. The van der Waals surface area contributed by atoms with Crippen LogP contribution >= 0.6 is 0 Å². The lowest BCUT2D eigenvalue weighted by atomic mass is 10.2. The molecule has 0 spiro atoms. The Hall–Kier alpha value is -0.130. The molecule has 0 amide bonds. The second kappa shape index (κ2) is 5.98. The maximum Gasteiger partial charge on any atom is 0.153 e. The average Bonchev–Trinajstić information content (AvgIpc) is 1.99. The van der Waals surface area contributed by atoms with Crippen molar-refractivity contribution < 1.29 is 8.42 Å². The van der Waals surface area contributed by atoms with E-state index in [-0.39, 0.29) is 0 Å². The molecule has 4 nitrogen and oxygen atoms in total. The molecule has 0 unspecified atom stereocenters. The second-order valence-electron chi connectivity index (χ2n) is 5.38. The van der Waals surface area contributed by atoms with E-state index in [2.05, 4.69) is 24.1 Å². The zero-order chi connectivity index (χ0) is 13.0. The fourth-order valence-electron chi connectivity index (χ4n) is 1.39. The van der Waals surface area contributed by atoms with Gasteiger partial charge in [-0.1, -0.05) is 13.8 Å². The topological polar surface area (TPSA) is 49.4 Å². The number of nitrogens with zero attached hydrogens (tertiary/aromatic N) is 1. The Morgan fingerprint density at radius 3 is 2.19 bits per heavy atom. The minimum atomic E-state index is -3.00. The van der Waals surface area contributed by atoms with Crippen LogP contribution in [0.3, 0.4) is 0 Å². The summed E-state index contributed by atoms with van der Waals surface area (Å²) in [6.07, 6.45) is 1.30. The van der Waals surface area contributed by atoms with Gasteiger partial charge >= 0.3 is 0 Å². The Bertz CT molecular complexity index is 297. The van der Waals surface area contributed by atoms with Gasteiger partial charge in [0.1, 0.15) is 0 Å². The molecular weight excluding hydrogens is 224 g/mol. The summed E-state index contributed by atoms with van der Waals surface area (Å²) in [7, 11) is -1.05. The predicted octanol–water partition coefficient (Wildman–Crippen LogP) is 0.739. The molecule has 16 heavy (non-hydrogen) atoms. The fourth-order valence-corrected chi connectivity index (χ4v) is 1.85. The Balaban J connectivity index is 4.10. The van der Waals surface area contributed by atoms with Crippen LogP contribution in [0.5, 0.6) is 0 Å². The van der Waals surface area contributed by atoms with Crippen LogP contribution < -0.4 is 5.32 Å². The maximum absolute atomic E-state index is 11.5. The van der Waals surface area contributed by atoms with Gasteiger partial charge < -0.3 is 10.2 Å². The monoisotopic (exact) mass is 250 g/mol. The summed E-state index contributed by atoms with van der Waals surface area (Å²) >= 11 is 0. The van der Waals surface area contributed by atoms with Crippen LogP contribution in [0, 0.1) is 0 Å². The largest absolute Gasteiger partial charge is 0.313 e. The molecule has 0 aliphatic carbocycles. The minimum absolute atomic E-state index is 0.469. The van der Waals surface area contributed by atoms with Crippen molar-refractivity contribution in [3.8, 4) is 0 Å². The quantitative estimate of drug-likeness (QED) is 0.724. The maximum atomic E-state index is 11.5. The Morgan fingerprint density at radius 2 is 1.81 bits per heavy atom. The molecule has 0 aliphatic rings. The van der Waals surface area contributed by atoms with E-state index >= 15 is 0 Å². The second-order valence-corrected chi connectivity index (χ2v) is 8.03. The molecule has 0 atom stereocenters. The van der Waals surface area contributed by atoms with Gasteiger partial charge in [0, 0.05) is 31.9 Å². The fraction of sp³-hybridized carbons (Fsp3) is 1.00. The summed E-state index contributed by atoms with van der Waals surface area (Å²) in [5, 5.41) is 3.31. The molecule has 0 fully saturated rings. The third-order valence-corrected chi connectivity index (χ3v) is 4.84. The minimum Gasteiger partial charge on any atom is -0.313 e. The molecule has 0 heterocycles. The number of nitrogens with one attached hydrogen (secondary N) is 1. The Kier molecular flexibility index (Phi) is 5.93. The molecule has 0 aromatic rings. The third-order valence-electron chi connectivity index (χ3n) is 2.70. The number of hydrogen-bond acceptors (Lipinski definition) is 4. The Morgan fingerprint density at radius 1 is 1.31 bits per heavy atom. The zero-order valence-electron chi connectivity index (χ0n) is 11.4. The van der Waals surface area contributed by atoms with Crippen molar-refractivity contribution in [2.75, 3.05) is 32.9 Å². The van der Waals surface area contributed by atoms with Crippen molar-refractivity contribution in [1.29, 1.82) is 0 Å². The van der Waals surface area contributed by atoms with Crippen LogP contribution in [0.2, 0.25) is 0 Å². The third kappa shape index (κ3) is 5.82. The first-order valence-electron chi connectivity index (χ1n) is 5.68. The molecule has 0 saturated carbocycles. The first kappa shape index (κ1) is 15.9. The predicted molar refractivity (Wildman–Crippen MR) is 69.6 cm³/mol. The number of rotatable bonds is 7. The van der Waals surface area contributed by atoms with Gasteiger partial charge in [0.25, 0.3) is 0 Å². The average molecular weight is 250 g/mol. The van der Waals surface area contributed by atoms with Crippen LogP contribution in [-0.4, -0.2) is 57.0 Å². The standard InChI is InChI=1S/C11H26N2O2S/c1-10(2)12-7-8-13(5)9-11(3,4)16(6,14)15/h10,12H,7-9H2,1-6H3. The van der Waals surface area contributed by atoms with Crippen LogP contribution in [0.1, 0.15) is 27.7 Å².